The molecule has 0 saturated carbocycles. The first kappa shape index (κ1) is 36.6. The van der Waals surface area contributed by atoms with Crippen LogP contribution in [0, 0.1) is 0 Å². The van der Waals surface area contributed by atoms with Crippen molar-refractivity contribution < 1.29 is 28.5 Å². The van der Waals surface area contributed by atoms with Crippen LogP contribution in [0.4, 0.5) is 0 Å². The zero-order valence-electron chi connectivity index (χ0n) is 26.0. The Morgan fingerprint density at radius 3 is 1.23 bits per heavy atom. The third kappa shape index (κ3) is 14.3. The van der Waals surface area contributed by atoms with Crippen LogP contribution < -0.4 is 52.5 Å². The number of hydrogen-bond acceptors (Lipinski definition) is 10. The Labute approximate surface area is 261 Å². The van der Waals surface area contributed by atoms with Gasteiger partial charge in [0.05, 0.1) is 37.6 Å². The van der Waals surface area contributed by atoms with Gasteiger partial charge in [0.1, 0.15) is 23.0 Å². The molecular weight excluding hydrogens is 564 g/mol. The van der Waals surface area contributed by atoms with Gasteiger partial charge in [-0.25, -0.2) is 0 Å². The molecule has 44 heavy (non-hydrogen) atoms. The molecule has 0 fully saturated rings. The van der Waals surface area contributed by atoms with Crippen LogP contribution >= 0.6 is 0 Å². The minimum Gasteiger partial charge on any atom is -0.493 e. The maximum absolute atomic E-state index is 12.9. The Morgan fingerprint density at radius 2 is 0.864 bits per heavy atom. The first-order valence-corrected chi connectivity index (χ1v) is 15.7. The van der Waals surface area contributed by atoms with Crippen LogP contribution in [0.25, 0.3) is 0 Å². The molecule has 0 heterocycles. The fraction of sp³-hybridized carbons (Fsp3) is 0.562. The van der Waals surface area contributed by atoms with Gasteiger partial charge in [-0.05, 0) is 89.0 Å². The third-order valence-corrected chi connectivity index (χ3v) is 6.52. The van der Waals surface area contributed by atoms with E-state index < -0.39 is 0 Å². The van der Waals surface area contributed by atoms with E-state index in [0.29, 0.717) is 113 Å². The topological polar surface area (TPSA) is 199 Å². The van der Waals surface area contributed by atoms with Gasteiger partial charge in [0.2, 0.25) is 0 Å². The maximum atomic E-state index is 12.9. The van der Waals surface area contributed by atoms with Crippen molar-refractivity contribution >= 4 is 11.8 Å². The molecule has 10 N–H and O–H groups in total. The molecule has 2 aromatic carbocycles. The lowest BCUT2D eigenvalue weighted by molar-refractivity contribution is 0.0938. The number of rotatable bonds is 25. The highest BCUT2D eigenvalue weighted by Gasteiger charge is 2.15. The van der Waals surface area contributed by atoms with Crippen LogP contribution in [0.5, 0.6) is 23.0 Å². The number of amides is 2. The molecule has 0 aliphatic heterocycles. The molecule has 0 spiro atoms. The zero-order chi connectivity index (χ0) is 31.8. The second kappa shape index (κ2) is 22.9. The van der Waals surface area contributed by atoms with Crippen LogP contribution in [0.15, 0.2) is 36.4 Å². The maximum Gasteiger partial charge on any atom is 0.255 e. The monoisotopic (exact) mass is 616 g/mol. The Hall–Kier alpha value is -3.58. The van der Waals surface area contributed by atoms with Crippen molar-refractivity contribution in [1.29, 1.82) is 0 Å². The first-order valence-electron chi connectivity index (χ1n) is 15.7. The fourth-order valence-corrected chi connectivity index (χ4v) is 4.07. The van der Waals surface area contributed by atoms with Gasteiger partial charge in [-0.3, -0.25) is 9.59 Å². The summed E-state index contributed by atoms with van der Waals surface area (Å²) in [5.74, 6) is 1.80. The number of benzene rings is 2. The van der Waals surface area contributed by atoms with E-state index in [-0.39, 0.29) is 11.8 Å². The quantitative estimate of drug-likeness (QED) is 0.0900. The van der Waals surface area contributed by atoms with Crippen molar-refractivity contribution in [3.05, 3.63) is 47.5 Å². The van der Waals surface area contributed by atoms with Crippen LogP contribution in [0.3, 0.4) is 0 Å². The highest BCUT2D eigenvalue weighted by atomic mass is 16.5. The van der Waals surface area contributed by atoms with E-state index in [1.807, 2.05) is 0 Å². The van der Waals surface area contributed by atoms with Crippen LogP contribution in [0.2, 0.25) is 0 Å². The van der Waals surface area contributed by atoms with Gasteiger partial charge in [0, 0.05) is 25.2 Å². The molecule has 0 aliphatic rings. The van der Waals surface area contributed by atoms with Gasteiger partial charge >= 0.3 is 0 Å². The molecule has 246 valence electrons. The lowest BCUT2D eigenvalue weighted by Crippen LogP contribution is -2.26. The van der Waals surface area contributed by atoms with Gasteiger partial charge in [-0.2, -0.15) is 0 Å². The van der Waals surface area contributed by atoms with Crippen molar-refractivity contribution in [2.24, 2.45) is 22.9 Å². The van der Waals surface area contributed by atoms with Gasteiger partial charge in [0.15, 0.2) is 0 Å². The summed E-state index contributed by atoms with van der Waals surface area (Å²) in [7, 11) is 0. The number of carbonyl (C=O) groups is 2. The standard InChI is InChI=1S/C32H52N6O6/c33-13-5-19-41-25-9-11-27(29(23-25)43-21-7-15-35)31(39)37-17-3-1-2-4-18-38-32(40)28-12-10-26(42-20-6-14-34)24-30(28)44-22-8-16-36/h9-12,23-24H,1-8,13-22,33-36H2,(H,37,39)(H,38,40). The second-order valence-electron chi connectivity index (χ2n) is 10.2. The van der Waals surface area contributed by atoms with Crippen LogP contribution in [-0.2, 0) is 0 Å². The molecule has 0 bridgehead atoms. The molecule has 0 unspecified atom stereocenters. The second-order valence-corrected chi connectivity index (χ2v) is 10.2. The Kier molecular flexibility index (Phi) is 19.0. The lowest BCUT2D eigenvalue weighted by Gasteiger charge is -2.14. The highest BCUT2D eigenvalue weighted by Crippen LogP contribution is 2.27. The zero-order valence-corrected chi connectivity index (χ0v) is 26.0. The Balaban J connectivity index is 1.75. The van der Waals surface area contributed by atoms with E-state index in [2.05, 4.69) is 10.6 Å². The van der Waals surface area contributed by atoms with E-state index in [1.165, 1.54) is 0 Å². The molecule has 2 aromatic rings. The number of nitrogens with two attached hydrogens (primary N) is 4. The molecular formula is C32H52N6O6. The SMILES string of the molecule is NCCCOc1ccc(C(=O)NCCCCCCNC(=O)c2ccc(OCCCN)cc2OCCCN)c(OCCCN)c1. The van der Waals surface area contributed by atoms with Gasteiger partial charge in [0.25, 0.3) is 11.8 Å². The molecule has 2 amide bonds. The van der Waals surface area contributed by atoms with Crippen molar-refractivity contribution in [1.82, 2.24) is 10.6 Å². The van der Waals surface area contributed by atoms with Gasteiger partial charge in [-0.1, -0.05) is 12.8 Å². The summed E-state index contributed by atoms with van der Waals surface area (Å²) in [4.78, 5) is 25.7. The number of ether oxygens (including phenoxy) is 4. The summed E-state index contributed by atoms with van der Waals surface area (Å²) >= 11 is 0. The predicted molar refractivity (Wildman–Crippen MR) is 173 cm³/mol. The molecule has 0 atom stereocenters. The number of unbranched alkanes of at least 4 members (excludes halogenated alkanes) is 3. The summed E-state index contributed by atoms with van der Waals surface area (Å²) in [6.45, 7) is 4.98. The van der Waals surface area contributed by atoms with E-state index in [9.17, 15) is 9.59 Å². The van der Waals surface area contributed by atoms with Gasteiger partial charge in [-0.15, -0.1) is 0 Å². The van der Waals surface area contributed by atoms with Crippen molar-refractivity contribution in [3.8, 4) is 23.0 Å². The van der Waals surface area contributed by atoms with Crippen molar-refractivity contribution in [2.75, 3.05) is 65.7 Å². The van der Waals surface area contributed by atoms with E-state index in [4.69, 9.17) is 41.9 Å². The molecule has 0 aliphatic carbocycles. The first-order chi connectivity index (χ1) is 21.5. The molecule has 12 heteroatoms. The number of hydrogen-bond donors (Lipinski definition) is 6. The smallest absolute Gasteiger partial charge is 0.255 e. The van der Waals surface area contributed by atoms with Crippen LogP contribution in [0.1, 0.15) is 72.1 Å². The van der Waals surface area contributed by atoms with Gasteiger partial charge < -0.3 is 52.5 Å². The average molecular weight is 617 g/mol. The molecule has 0 saturated heterocycles. The summed E-state index contributed by atoms with van der Waals surface area (Å²) in [6.07, 6.45) is 6.29. The minimum absolute atomic E-state index is 0.200. The fourth-order valence-electron chi connectivity index (χ4n) is 4.07. The largest absolute Gasteiger partial charge is 0.493 e. The summed E-state index contributed by atoms with van der Waals surface area (Å²) in [6, 6.07) is 10.4. The molecule has 12 nitrogen and oxygen atoms in total. The van der Waals surface area contributed by atoms with Crippen molar-refractivity contribution in [2.45, 2.75) is 51.4 Å². The van der Waals surface area contributed by atoms with Crippen LogP contribution in [-0.4, -0.2) is 77.5 Å². The number of nitrogens with one attached hydrogen (secondary N) is 2. The summed E-state index contributed by atoms with van der Waals surface area (Å²) < 4.78 is 23.0. The summed E-state index contributed by atoms with van der Waals surface area (Å²) in [5, 5.41) is 5.94. The van der Waals surface area contributed by atoms with E-state index >= 15 is 0 Å². The molecule has 2 rings (SSSR count). The average Bonchev–Trinajstić information content (AvgIpc) is 3.03. The normalized spacial score (nSPS) is 10.7. The predicted octanol–water partition coefficient (Wildman–Crippen LogP) is 2.32. The minimum atomic E-state index is -0.200. The van der Waals surface area contributed by atoms with Crippen molar-refractivity contribution in [3.63, 3.8) is 0 Å². The lowest BCUT2D eigenvalue weighted by atomic mass is 10.1. The Bertz CT molecular complexity index is 1020. The molecule has 0 aromatic heterocycles. The molecule has 0 radical (unpaired) electrons. The Morgan fingerprint density at radius 1 is 0.500 bits per heavy atom. The van der Waals surface area contributed by atoms with E-state index in [1.54, 1.807) is 36.4 Å². The number of carbonyl (C=O) groups excluding carboxylic acids is 2. The van der Waals surface area contributed by atoms with E-state index in [0.717, 1.165) is 38.5 Å². The highest BCUT2D eigenvalue weighted by molar-refractivity contribution is 5.97. The summed E-state index contributed by atoms with van der Waals surface area (Å²) in [5.41, 5.74) is 23.1. The third-order valence-electron chi connectivity index (χ3n) is 6.52.